The minimum atomic E-state index is 0.112. The standard InChI is InChI=1S/C15H24N2OS/c1-6-13(10-19-5)17(4)15(18)14-8-7-12(16-3)9-11(14)2/h7-9,13,16H,6,10H2,1-5H3. The molecule has 0 aliphatic carbocycles. The van der Waals surface area contributed by atoms with Crippen LogP contribution < -0.4 is 5.32 Å². The van der Waals surface area contributed by atoms with Gasteiger partial charge in [0, 0.05) is 37.1 Å². The van der Waals surface area contributed by atoms with Crippen molar-refractivity contribution in [2.75, 3.05) is 31.4 Å². The van der Waals surface area contributed by atoms with Gasteiger partial charge in [0.05, 0.1) is 0 Å². The van der Waals surface area contributed by atoms with Gasteiger partial charge in [0.2, 0.25) is 0 Å². The van der Waals surface area contributed by atoms with E-state index in [4.69, 9.17) is 0 Å². The van der Waals surface area contributed by atoms with Gasteiger partial charge in [0.1, 0.15) is 0 Å². The number of nitrogens with one attached hydrogen (secondary N) is 1. The van der Waals surface area contributed by atoms with Crippen LogP contribution in [0.2, 0.25) is 0 Å². The van der Waals surface area contributed by atoms with Crippen LogP contribution in [0.5, 0.6) is 0 Å². The zero-order valence-electron chi connectivity index (χ0n) is 12.5. The molecule has 0 saturated heterocycles. The summed E-state index contributed by atoms with van der Waals surface area (Å²) in [5.74, 6) is 1.09. The second-order valence-electron chi connectivity index (χ2n) is 4.71. The quantitative estimate of drug-likeness (QED) is 0.868. The number of carbonyl (C=O) groups excluding carboxylic acids is 1. The smallest absolute Gasteiger partial charge is 0.254 e. The van der Waals surface area contributed by atoms with Crippen molar-refractivity contribution in [1.29, 1.82) is 0 Å². The molecule has 1 N–H and O–H groups in total. The van der Waals surface area contributed by atoms with Gasteiger partial charge < -0.3 is 10.2 Å². The van der Waals surface area contributed by atoms with Crippen LogP contribution in [0.15, 0.2) is 18.2 Å². The van der Waals surface area contributed by atoms with Crippen LogP contribution in [0.25, 0.3) is 0 Å². The van der Waals surface area contributed by atoms with Crippen molar-refractivity contribution in [1.82, 2.24) is 4.90 Å². The Hall–Kier alpha value is -1.16. The second kappa shape index (κ2) is 7.43. The fourth-order valence-electron chi connectivity index (χ4n) is 2.11. The van der Waals surface area contributed by atoms with Gasteiger partial charge in [0.25, 0.3) is 5.91 Å². The lowest BCUT2D eigenvalue weighted by Crippen LogP contribution is -2.38. The fourth-order valence-corrected chi connectivity index (χ4v) is 2.95. The average molecular weight is 280 g/mol. The topological polar surface area (TPSA) is 32.3 Å². The molecule has 1 atom stereocenters. The molecule has 0 fully saturated rings. The molecule has 0 aromatic heterocycles. The SMILES string of the molecule is CCC(CSC)N(C)C(=O)c1ccc(NC)cc1C. The minimum Gasteiger partial charge on any atom is -0.388 e. The zero-order valence-corrected chi connectivity index (χ0v) is 13.3. The summed E-state index contributed by atoms with van der Waals surface area (Å²) < 4.78 is 0. The summed E-state index contributed by atoms with van der Waals surface area (Å²) in [4.78, 5) is 14.4. The Morgan fingerprint density at radius 1 is 1.47 bits per heavy atom. The highest BCUT2D eigenvalue weighted by atomic mass is 32.2. The third-order valence-corrected chi connectivity index (χ3v) is 4.16. The Kier molecular flexibility index (Phi) is 6.22. The highest BCUT2D eigenvalue weighted by Crippen LogP contribution is 2.18. The normalized spacial score (nSPS) is 12.1. The molecule has 0 aliphatic rings. The van der Waals surface area contributed by atoms with E-state index in [2.05, 4.69) is 18.5 Å². The van der Waals surface area contributed by atoms with Crippen LogP contribution in [0, 0.1) is 6.92 Å². The predicted molar refractivity (Wildman–Crippen MR) is 85.3 cm³/mol. The number of carbonyl (C=O) groups is 1. The maximum atomic E-state index is 12.5. The number of benzene rings is 1. The van der Waals surface area contributed by atoms with Crippen LogP contribution in [-0.2, 0) is 0 Å². The van der Waals surface area contributed by atoms with E-state index in [1.807, 2.05) is 44.1 Å². The van der Waals surface area contributed by atoms with Crippen molar-refractivity contribution in [3.05, 3.63) is 29.3 Å². The number of nitrogens with zero attached hydrogens (tertiary/aromatic N) is 1. The molecular formula is C15H24N2OS. The van der Waals surface area contributed by atoms with Crippen LogP contribution >= 0.6 is 11.8 Å². The first-order chi connectivity index (χ1) is 9.04. The van der Waals surface area contributed by atoms with E-state index < -0.39 is 0 Å². The first-order valence-corrected chi connectivity index (χ1v) is 7.99. The van der Waals surface area contributed by atoms with E-state index >= 15 is 0 Å². The first kappa shape index (κ1) is 15.9. The van der Waals surface area contributed by atoms with Crippen molar-refractivity contribution in [2.24, 2.45) is 0 Å². The molecule has 0 radical (unpaired) electrons. The number of amides is 1. The Bertz CT molecular complexity index is 434. The minimum absolute atomic E-state index is 0.112. The van der Waals surface area contributed by atoms with E-state index in [1.54, 1.807) is 11.8 Å². The van der Waals surface area contributed by atoms with Gasteiger partial charge in [-0.05, 0) is 43.4 Å². The van der Waals surface area contributed by atoms with E-state index in [0.29, 0.717) is 6.04 Å². The van der Waals surface area contributed by atoms with E-state index in [9.17, 15) is 4.79 Å². The summed E-state index contributed by atoms with van der Waals surface area (Å²) in [6.07, 6.45) is 3.06. The maximum Gasteiger partial charge on any atom is 0.254 e. The molecule has 0 bridgehead atoms. The van der Waals surface area contributed by atoms with Crippen molar-refractivity contribution in [3.63, 3.8) is 0 Å². The van der Waals surface area contributed by atoms with Gasteiger partial charge in [-0.2, -0.15) is 11.8 Å². The lowest BCUT2D eigenvalue weighted by molar-refractivity contribution is 0.0743. The molecule has 1 rings (SSSR count). The number of rotatable bonds is 6. The van der Waals surface area contributed by atoms with E-state index in [1.165, 1.54) is 0 Å². The molecule has 1 aromatic carbocycles. The molecule has 106 valence electrons. The maximum absolute atomic E-state index is 12.5. The molecule has 0 saturated carbocycles. The fraction of sp³-hybridized carbons (Fsp3) is 0.533. The Morgan fingerprint density at radius 3 is 2.63 bits per heavy atom. The molecule has 1 aromatic rings. The summed E-state index contributed by atoms with van der Waals surface area (Å²) >= 11 is 1.78. The number of hydrogen-bond acceptors (Lipinski definition) is 3. The Labute approximate surface area is 120 Å². The van der Waals surface area contributed by atoms with Gasteiger partial charge in [-0.1, -0.05) is 6.92 Å². The molecular weight excluding hydrogens is 256 g/mol. The summed E-state index contributed by atoms with van der Waals surface area (Å²) in [6, 6.07) is 6.16. The van der Waals surface area contributed by atoms with E-state index in [-0.39, 0.29) is 5.91 Å². The van der Waals surface area contributed by atoms with Crippen molar-refractivity contribution in [2.45, 2.75) is 26.3 Å². The monoisotopic (exact) mass is 280 g/mol. The van der Waals surface area contributed by atoms with Crippen molar-refractivity contribution < 1.29 is 4.79 Å². The van der Waals surface area contributed by atoms with E-state index in [0.717, 1.165) is 29.0 Å². The molecule has 19 heavy (non-hydrogen) atoms. The van der Waals surface area contributed by atoms with Crippen LogP contribution in [0.3, 0.4) is 0 Å². The second-order valence-corrected chi connectivity index (χ2v) is 5.62. The summed E-state index contributed by atoms with van der Waals surface area (Å²) in [7, 11) is 3.78. The van der Waals surface area contributed by atoms with Crippen molar-refractivity contribution in [3.8, 4) is 0 Å². The lowest BCUT2D eigenvalue weighted by atomic mass is 10.1. The molecule has 0 aliphatic heterocycles. The summed E-state index contributed by atoms with van der Waals surface area (Å²) in [5.41, 5.74) is 2.84. The van der Waals surface area contributed by atoms with Gasteiger partial charge >= 0.3 is 0 Å². The molecule has 3 nitrogen and oxygen atoms in total. The van der Waals surface area contributed by atoms with Gasteiger partial charge in [-0.15, -0.1) is 0 Å². The molecule has 1 unspecified atom stereocenters. The van der Waals surface area contributed by atoms with Gasteiger partial charge in [-0.3, -0.25) is 4.79 Å². The number of aryl methyl sites for hydroxylation is 1. The number of hydrogen-bond donors (Lipinski definition) is 1. The highest BCUT2D eigenvalue weighted by Gasteiger charge is 2.20. The third kappa shape index (κ3) is 3.90. The average Bonchev–Trinajstić information content (AvgIpc) is 2.43. The molecule has 1 amide bonds. The number of anilines is 1. The largest absolute Gasteiger partial charge is 0.388 e. The first-order valence-electron chi connectivity index (χ1n) is 6.59. The van der Waals surface area contributed by atoms with Crippen LogP contribution in [-0.4, -0.2) is 43.0 Å². The zero-order chi connectivity index (χ0) is 14.4. The Balaban J connectivity index is 2.93. The number of thioether (sulfide) groups is 1. The highest BCUT2D eigenvalue weighted by molar-refractivity contribution is 7.98. The lowest BCUT2D eigenvalue weighted by Gasteiger charge is -2.27. The summed E-state index contributed by atoms with van der Waals surface area (Å²) in [5, 5.41) is 3.09. The van der Waals surface area contributed by atoms with Gasteiger partial charge in [0.15, 0.2) is 0 Å². The predicted octanol–water partition coefficient (Wildman–Crippen LogP) is 3.25. The third-order valence-electron chi connectivity index (χ3n) is 3.44. The molecule has 4 heteroatoms. The Morgan fingerprint density at radius 2 is 2.16 bits per heavy atom. The molecule has 0 heterocycles. The van der Waals surface area contributed by atoms with Crippen molar-refractivity contribution >= 4 is 23.4 Å². The summed E-state index contributed by atoms with van der Waals surface area (Å²) in [6.45, 7) is 4.11. The van der Waals surface area contributed by atoms with Crippen LogP contribution in [0.4, 0.5) is 5.69 Å². The van der Waals surface area contributed by atoms with Crippen LogP contribution in [0.1, 0.15) is 29.3 Å². The molecule has 0 spiro atoms. The van der Waals surface area contributed by atoms with Gasteiger partial charge in [-0.25, -0.2) is 0 Å².